The molecule has 0 heterocycles. The van der Waals surface area contributed by atoms with Gasteiger partial charge in [-0.2, -0.15) is 0 Å². The van der Waals surface area contributed by atoms with Gasteiger partial charge in [0.2, 0.25) is 10.0 Å². The van der Waals surface area contributed by atoms with Crippen molar-refractivity contribution in [3.05, 3.63) is 64.9 Å². The molecule has 0 unspecified atom stereocenters. The minimum atomic E-state index is -3.68. The summed E-state index contributed by atoms with van der Waals surface area (Å²) in [7, 11) is -3.68. The van der Waals surface area contributed by atoms with Gasteiger partial charge in [0.05, 0.1) is 5.02 Å². The molecule has 1 N–H and O–H groups in total. The normalized spacial score (nSPS) is 11.5. The van der Waals surface area contributed by atoms with Crippen molar-refractivity contribution in [2.45, 2.75) is 11.3 Å². The van der Waals surface area contributed by atoms with Crippen molar-refractivity contribution in [3.8, 4) is 0 Å². The standard InChI is InChI=1S/C14H13ClFNO2S/c15-12-6-2-4-8-14(12)20(18,19)17-10-9-11-5-1-3-7-13(11)16/h1-8,17H,9-10H2. The molecule has 0 amide bonds. The molecule has 0 fully saturated rings. The zero-order chi connectivity index (χ0) is 14.6. The second-order valence-electron chi connectivity index (χ2n) is 4.17. The average Bonchev–Trinajstić information content (AvgIpc) is 2.41. The monoisotopic (exact) mass is 313 g/mol. The molecular formula is C14H13ClFNO2S. The average molecular weight is 314 g/mol. The highest BCUT2D eigenvalue weighted by Gasteiger charge is 2.16. The molecular weight excluding hydrogens is 301 g/mol. The lowest BCUT2D eigenvalue weighted by Crippen LogP contribution is -2.26. The Morgan fingerprint density at radius 2 is 1.70 bits per heavy atom. The van der Waals surface area contributed by atoms with Gasteiger partial charge in [-0.25, -0.2) is 17.5 Å². The third-order valence-electron chi connectivity index (χ3n) is 2.77. The summed E-state index contributed by atoms with van der Waals surface area (Å²) in [5.74, 6) is -0.343. The summed E-state index contributed by atoms with van der Waals surface area (Å²) in [5, 5.41) is 0.158. The van der Waals surface area contributed by atoms with Crippen LogP contribution < -0.4 is 4.72 Å². The van der Waals surface area contributed by atoms with Gasteiger partial charge in [0.1, 0.15) is 10.7 Å². The number of halogens is 2. The number of nitrogens with one attached hydrogen (secondary N) is 1. The van der Waals surface area contributed by atoms with Gasteiger partial charge in [-0.15, -0.1) is 0 Å². The van der Waals surface area contributed by atoms with E-state index in [2.05, 4.69) is 4.72 Å². The van der Waals surface area contributed by atoms with Crippen LogP contribution in [0.3, 0.4) is 0 Å². The summed E-state index contributed by atoms with van der Waals surface area (Å²) in [6.45, 7) is 0.106. The predicted octanol–water partition coefficient (Wildman–Crippen LogP) is 3.00. The zero-order valence-corrected chi connectivity index (χ0v) is 12.1. The molecule has 0 bridgehead atoms. The molecule has 3 nitrogen and oxygen atoms in total. The fraction of sp³-hybridized carbons (Fsp3) is 0.143. The highest BCUT2D eigenvalue weighted by Crippen LogP contribution is 2.20. The van der Waals surface area contributed by atoms with E-state index in [1.807, 2.05) is 0 Å². The van der Waals surface area contributed by atoms with Gasteiger partial charge in [-0.1, -0.05) is 41.9 Å². The van der Waals surface area contributed by atoms with Crippen LogP contribution >= 0.6 is 11.6 Å². The quantitative estimate of drug-likeness (QED) is 0.922. The van der Waals surface area contributed by atoms with E-state index in [1.165, 1.54) is 18.2 Å². The lowest BCUT2D eigenvalue weighted by atomic mass is 10.1. The molecule has 2 rings (SSSR count). The molecule has 0 aliphatic carbocycles. The van der Waals surface area contributed by atoms with Crippen molar-refractivity contribution in [2.24, 2.45) is 0 Å². The topological polar surface area (TPSA) is 46.2 Å². The van der Waals surface area contributed by atoms with Crippen LogP contribution in [0.25, 0.3) is 0 Å². The van der Waals surface area contributed by atoms with Gasteiger partial charge in [0.15, 0.2) is 0 Å². The minimum absolute atomic E-state index is 0.0233. The largest absolute Gasteiger partial charge is 0.242 e. The fourth-order valence-electron chi connectivity index (χ4n) is 1.76. The molecule has 6 heteroatoms. The summed E-state index contributed by atoms with van der Waals surface area (Å²) in [4.78, 5) is 0.0233. The van der Waals surface area contributed by atoms with Crippen LogP contribution in [0.1, 0.15) is 5.56 Å². The van der Waals surface area contributed by atoms with Crippen molar-refractivity contribution >= 4 is 21.6 Å². The smallest absolute Gasteiger partial charge is 0.211 e. The first-order valence-corrected chi connectivity index (χ1v) is 7.84. The lowest BCUT2D eigenvalue weighted by molar-refractivity contribution is 0.577. The molecule has 106 valence electrons. The molecule has 0 spiro atoms. The van der Waals surface area contributed by atoms with E-state index in [0.29, 0.717) is 5.56 Å². The van der Waals surface area contributed by atoms with Crippen LogP contribution in [0, 0.1) is 5.82 Å². The van der Waals surface area contributed by atoms with E-state index < -0.39 is 10.0 Å². The first-order valence-electron chi connectivity index (χ1n) is 5.98. The first kappa shape index (κ1) is 15.0. The van der Waals surface area contributed by atoms with E-state index in [-0.39, 0.29) is 28.7 Å². The summed E-state index contributed by atoms with van der Waals surface area (Å²) in [6.07, 6.45) is 0.274. The van der Waals surface area contributed by atoms with E-state index >= 15 is 0 Å². The van der Waals surface area contributed by atoms with E-state index in [4.69, 9.17) is 11.6 Å². The van der Waals surface area contributed by atoms with Crippen molar-refractivity contribution in [3.63, 3.8) is 0 Å². The molecule has 0 saturated heterocycles. The van der Waals surface area contributed by atoms with E-state index in [0.717, 1.165) is 0 Å². The molecule has 0 radical (unpaired) electrons. The Bertz CT molecular complexity index is 704. The second-order valence-corrected chi connectivity index (χ2v) is 6.31. The molecule has 2 aromatic carbocycles. The van der Waals surface area contributed by atoms with Crippen LogP contribution in [0.2, 0.25) is 5.02 Å². The summed E-state index contributed by atoms with van der Waals surface area (Å²) < 4.78 is 39.9. The van der Waals surface area contributed by atoms with Gasteiger partial charge < -0.3 is 0 Å². The Morgan fingerprint density at radius 3 is 2.40 bits per heavy atom. The Balaban J connectivity index is 2.04. The molecule has 0 aliphatic rings. The Kier molecular flexibility index (Phi) is 4.75. The van der Waals surface area contributed by atoms with Gasteiger partial charge >= 0.3 is 0 Å². The maximum atomic E-state index is 13.4. The summed E-state index contributed by atoms with van der Waals surface area (Å²) in [6, 6.07) is 12.4. The molecule has 0 atom stereocenters. The fourth-order valence-corrected chi connectivity index (χ4v) is 3.31. The van der Waals surface area contributed by atoms with E-state index in [9.17, 15) is 12.8 Å². The molecule has 20 heavy (non-hydrogen) atoms. The van der Waals surface area contributed by atoms with Crippen LogP contribution in [-0.4, -0.2) is 15.0 Å². The summed E-state index contributed by atoms with van der Waals surface area (Å²) in [5.41, 5.74) is 0.467. The van der Waals surface area contributed by atoms with Gasteiger partial charge in [0.25, 0.3) is 0 Å². The molecule has 2 aromatic rings. The second kappa shape index (κ2) is 6.35. The number of sulfonamides is 1. The van der Waals surface area contributed by atoms with Crippen LogP contribution in [0.5, 0.6) is 0 Å². The lowest BCUT2D eigenvalue weighted by Gasteiger charge is -2.08. The van der Waals surface area contributed by atoms with E-state index in [1.54, 1.807) is 30.3 Å². The van der Waals surface area contributed by atoms with Crippen LogP contribution in [0.15, 0.2) is 53.4 Å². The number of hydrogen-bond acceptors (Lipinski definition) is 2. The first-order chi connectivity index (χ1) is 9.50. The van der Waals surface area contributed by atoms with Crippen molar-refractivity contribution in [1.29, 1.82) is 0 Å². The van der Waals surface area contributed by atoms with Gasteiger partial charge in [-0.3, -0.25) is 0 Å². The summed E-state index contributed by atoms with van der Waals surface area (Å²) >= 11 is 5.85. The van der Waals surface area contributed by atoms with Crippen molar-refractivity contribution in [2.75, 3.05) is 6.54 Å². The Morgan fingerprint density at radius 1 is 1.05 bits per heavy atom. The molecule has 0 aromatic heterocycles. The number of benzene rings is 2. The maximum absolute atomic E-state index is 13.4. The Hall–Kier alpha value is -1.43. The number of hydrogen-bond donors (Lipinski definition) is 1. The zero-order valence-electron chi connectivity index (χ0n) is 10.5. The van der Waals surface area contributed by atoms with Crippen LogP contribution in [-0.2, 0) is 16.4 Å². The Labute approximate surface area is 122 Å². The third kappa shape index (κ3) is 3.56. The number of rotatable bonds is 5. The predicted molar refractivity (Wildman–Crippen MR) is 76.7 cm³/mol. The van der Waals surface area contributed by atoms with Crippen LogP contribution in [0.4, 0.5) is 4.39 Å². The third-order valence-corrected chi connectivity index (χ3v) is 4.73. The highest BCUT2D eigenvalue weighted by molar-refractivity contribution is 7.89. The minimum Gasteiger partial charge on any atom is -0.211 e. The molecule has 0 saturated carbocycles. The molecule has 0 aliphatic heterocycles. The maximum Gasteiger partial charge on any atom is 0.242 e. The van der Waals surface area contributed by atoms with Gasteiger partial charge in [-0.05, 0) is 30.2 Å². The van der Waals surface area contributed by atoms with Gasteiger partial charge in [0, 0.05) is 6.54 Å². The van der Waals surface area contributed by atoms with Crippen molar-refractivity contribution in [1.82, 2.24) is 4.72 Å². The highest BCUT2D eigenvalue weighted by atomic mass is 35.5. The SMILES string of the molecule is O=S(=O)(NCCc1ccccc1F)c1ccccc1Cl. The van der Waals surface area contributed by atoms with Crippen molar-refractivity contribution < 1.29 is 12.8 Å².